The standard InChI is InChI=1S/C23H27N3O3/c1-5-29-20-14-16(10-12-19(20)28-4)11-13-21(27)26-22(15(2)3)23-24-17-8-6-7-9-18(17)25-23/h6-15,22H,5H2,1-4H3,(H,24,25)(H,26,27)/b13-11+. The molecule has 6 heteroatoms. The first-order chi connectivity index (χ1) is 14.0. The number of rotatable bonds is 8. The first-order valence-corrected chi connectivity index (χ1v) is 9.76. The number of nitrogens with one attached hydrogen (secondary N) is 2. The molecule has 0 aliphatic rings. The van der Waals surface area contributed by atoms with E-state index in [4.69, 9.17) is 9.47 Å². The number of fused-ring (bicyclic) bond motifs is 1. The fourth-order valence-electron chi connectivity index (χ4n) is 3.11. The second-order valence-electron chi connectivity index (χ2n) is 7.05. The maximum atomic E-state index is 12.6. The third kappa shape index (κ3) is 4.96. The summed E-state index contributed by atoms with van der Waals surface area (Å²) in [6, 6.07) is 13.2. The Labute approximate surface area is 170 Å². The van der Waals surface area contributed by atoms with Crippen LogP contribution < -0.4 is 14.8 Å². The Balaban J connectivity index is 1.74. The molecule has 0 saturated heterocycles. The van der Waals surface area contributed by atoms with Crippen molar-refractivity contribution >= 4 is 23.0 Å². The van der Waals surface area contributed by atoms with Crippen LogP contribution in [0.3, 0.4) is 0 Å². The van der Waals surface area contributed by atoms with E-state index in [0.29, 0.717) is 18.1 Å². The fraction of sp³-hybridized carbons (Fsp3) is 0.304. The second kappa shape index (κ2) is 9.28. The lowest BCUT2D eigenvalue weighted by atomic mass is 10.0. The summed E-state index contributed by atoms with van der Waals surface area (Å²) in [6.07, 6.45) is 3.28. The zero-order chi connectivity index (χ0) is 20.8. The number of benzene rings is 2. The molecule has 0 fully saturated rings. The van der Waals surface area contributed by atoms with Crippen LogP contribution in [0.1, 0.15) is 38.2 Å². The number of hydrogen-bond acceptors (Lipinski definition) is 4. The molecule has 1 amide bonds. The molecule has 0 saturated carbocycles. The van der Waals surface area contributed by atoms with E-state index < -0.39 is 0 Å². The Morgan fingerprint density at radius 3 is 2.69 bits per heavy atom. The maximum Gasteiger partial charge on any atom is 0.244 e. The molecule has 2 aromatic carbocycles. The molecule has 0 aliphatic carbocycles. The molecule has 2 N–H and O–H groups in total. The van der Waals surface area contributed by atoms with E-state index in [1.165, 1.54) is 6.08 Å². The molecule has 6 nitrogen and oxygen atoms in total. The number of methoxy groups -OCH3 is 1. The van der Waals surface area contributed by atoms with Crippen molar-refractivity contribution in [3.63, 3.8) is 0 Å². The summed E-state index contributed by atoms with van der Waals surface area (Å²) in [6.45, 7) is 6.57. The Kier molecular flexibility index (Phi) is 6.54. The monoisotopic (exact) mass is 393 g/mol. The Bertz CT molecular complexity index is 975. The smallest absolute Gasteiger partial charge is 0.244 e. The molecular formula is C23H27N3O3. The second-order valence-corrected chi connectivity index (χ2v) is 7.05. The lowest BCUT2D eigenvalue weighted by Crippen LogP contribution is -2.31. The number of para-hydroxylation sites is 2. The van der Waals surface area contributed by atoms with Crippen molar-refractivity contribution in [2.24, 2.45) is 5.92 Å². The van der Waals surface area contributed by atoms with Crippen LogP contribution >= 0.6 is 0 Å². The summed E-state index contributed by atoms with van der Waals surface area (Å²) in [7, 11) is 1.60. The molecule has 0 aliphatic heterocycles. The van der Waals surface area contributed by atoms with Crippen LogP contribution in [0.25, 0.3) is 17.1 Å². The first-order valence-electron chi connectivity index (χ1n) is 9.76. The number of imidazole rings is 1. The molecule has 1 aromatic heterocycles. The van der Waals surface area contributed by atoms with Crippen LogP contribution in [0.4, 0.5) is 0 Å². The van der Waals surface area contributed by atoms with Crippen LogP contribution in [0.2, 0.25) is 0 Å². The van der Waals surface area contributed by atoms with Gasteiger partial charge >= 0.3 is 0 Å². The lowest BCUT2D eigenvalue weighted by Gasteiger charge is -2.19. The zero-order valence-electron chi connectivity index (χ0n) is 17.2. The number of nitrogens with zero attached hydrogens (tertiary/aromatic N) is 1. The minimum atomic E-state index is -0.214. The molecule has 1 heterocycles. The van der Waals surface area contributed by atoms with Gasteiger partial charge in [-0.25, -0.2) is 4.98 Å². The fourth-order valence-corrected chi connectivity index (χ4v) is 3.11. The minimum Gasteiger partial charge on any atom is -0.493 e. The number of amides is 1. The molecule has 152 valence electrons. The van der Waals surface area contributed by atoms with Crippen LogP contribution in [0, 0.1) is 5.92 Å². The summed E-state index contributed by atoms with van der Waals surface area (Å²) in [5.41, 5.74) is 2.70. The topological polar surface area (TPSA) is 76.2 Å². The van der Waals surface area contributed by atoms with E-state index in [0.717, 1.165) is 22.4 Å². The van der Waals surface area contributed by atoms with Gasteiger partial charge in [0.25, 0.3) is 0 Å². The van der Waals surface area contributed by atoms with E-state index >= 15 is 0 Å². The van der Waals surface area contributed by atoms with Crippen LogP contribution in [-0.4, -0.2) is 29.6 Å². The average Bonchev–Trinajstić information content (AvgIpc) is 3.14. The van der Waals surface area contributed by atoms with Crippen LogP contribution in [0.15, 0.2) is 48.5 Å². The van der Waals surface area contributed by atoms with Gasteiger partial charge in [0.15, 0.2) is 11.5 Å². The zero-order valence-corrected chi connectivity index (χ0v) is 17.2. The van der Waals surface area contributed by atoms with Crippen molar-refractivity contribution in [3.8, 4) is 11.5 Å². The lowest BCUT2D eigenvalue weighted by molar-refractivity contribution is -0.117. The van der Waals surface area contributed by atoms with E-state index in [9.17, 15) is 4.79 Å². The van der Waals surface area contributed by atoms with Crippen LogP contribution in [0.5, 0.6) is 11.5 Å². The number of hydrogen-bond donors (Lipinski definition) is 2. The van der Waals surface area contributed by atoms with Gasteiger partial charge in [0.1, 0.15) is 5.82 Å². The average molecular weight is 393 g/mol. The molecule has 3 rings (SSSR count). The van der Waals surface area contributed by atoms with Gasteiger partial charge in [-0.15, -0.1) is 0 Å². The summed E-state index contributed by atoms with van der Waals surface area (Å²) in [5.74, 6) is 2.07. The SMILES string of the molecule is CCOc1cc(/C=C/C(=O)NC(c2nc3ccccc3[nH]2)C(C)C)ccc1OC. The van der Waals surface area contributed by atoms with Gasteiger partial charge in [0.05, 0.1) is 30.8 Å². The highest BCUT2D eigenvalue weighted by atomic mass is 16.5. The van der Waals surface area contributed by atoms with Crippen molar-refractivity contribution < 1.29 is 14.3 Å². The number of aromatic nitrogens is 2. The third-order valence-electron chi connectivity index (χ3n) is 4.58. The van der Waals surface area contributed by atoms with Gasteiger partial charge in [-0.2, -0.15) is 0 Å². The number of H-pyrrole nitrogens is 1. The number of ether oxygens (including phenoxy) is 2. The van der Waals surface area contributed by atoms with E-state index in [2.05, 4.69) is 29.1 Å². The molecule has 0 bridgehead atoms. The van der Waals surface area contributed by atoms with Gasteiger partial charge in [-0.1, -0.05) is 32.0 Å². The van der Waals surface area contributed by atoms with Gasteiger partial charge in [0.2, 0.25) is 5.91 Å². The van der Waals surface area contributed by atoms with Gasteiger partial charge in [-0.05, 0) is 48.7 Å². The number of carbonyl (C=O) groups is 1. The first kappa shape index (κ1) is 20.5. The maximum absolute atomic E-state index is 12.6. The Morgan fingerprint density at radius 2 is 2.00 bits per heavy atom. The molecule has 29 heavy (non-hydrogen) atoms. The highest BCUT2D eigenvalue weighted by molar-refractivity contribution is 5.92. The van der Waals surface area contributed by atoms with E-state index in [-0.39, 0.29) is 17.9 Å². The van der Waals surface area contributed by atoms with E-state index in [1.54, 1.807) is 13.2 Å². The van der Waals surface area contributed by atoms with Crippen molar-refractivity contribution in [1.29, 1.82) is 0 Å². The van der Waals surface area contributed by atoms with E-state index in [1.807, 2.05) is 49.4 Å². The van der Waals surface area contributed by atoms with Crippen molar-refractivity contribution in [2.75, 3.05) is 13.7 Å². The molecule has 1 atom stereocenters. The summed E-state index contributed by atoms with van der Waals surface area (Å²) in [4.78, 5) is 20.5. The minimum absolute atomic E-state index is 0.179. The quantitative estimate of drug-likeness (QED) is 0.553. The largest absolute Gasteiger partial charge is 0.493 e. The van der Waals surface area contributed by atoms with Crippen molar-refractivity contribution in [3.05, 3.63) is 59.9 Å². The molecule has 0 spiro atoms. The predicted molar refractivity (Wildman–Crippen MR) is 115 cm³/mol. The van der Waals surface area contributed by atoms with Gasteiger partial charge in [0, 0.05) is 6.08 Å². The molecular weight excluding hydrogens is 366 g/mol. The molecule has 3 aromatic rings. The Hall–Kier alpha value is -3.28. The summed E-state index contributed by atoms with van der Waals surface area (Å²) < 4.78 is 10.9. The highest BCUT2D eigenvalue weighted by Crippen LogP contribution is 2.28. The normalized spacial score (nSPS) is 12.4. The van der Waals surface area contributed by atoms with Gasteiger partial charge < -0.3 is 19.8 Å². The number of carbonyl (C=O) groups excluding carboxylic acids is 1. The van der Waals surface area contributed by atoms with Gasteiger partial charge in [-0.3, -0.25) is 4.79 Å². The molecule has 0 radical (unpaired) electrons. The van der Waals surface area contributed by atoms with Crippen molar-refractivity contribution in [1.82, 2.24) is 15.3 Å². The van der Waals surface area contributed by atoms with Crippen LogP contribution in [-0.2, 0) is 4.79 Å². The highest BCUT2D eigenvalue weighted by Gasteiger charge is 2.21. The molecule has 1 unspecified atom stereocenters. The third-order valence-corrected chi connectivity index (χ3v) is 4.58. The Morgan fingerprint density at radius 1 is 1.21 bits per heavy atom. The summed E-state index contributed by atoms with van der Waals surface area (Å²) >= 11 is 0. The summed E-state index contributed by atoms with van der Waals surface area (Å²) in [5, 5.41) is 3.05. The van der Waals surface area contributed by atoms with Crippen molar-refractivity contribution in [2.45, 2.75) is 26.8 Å². The number of aromatic amines is 1. The predicted octanol–water partition coefficient (Wildman–Crippen LogP) is 4.50.